The minimum Gasteiger partial charge on any atom is -0.507 e. The van der Waals surface area contributed by atoms with Gasteiger partial charge in [0.1, 0.15) is 12.9 Å². The molecular formula is C13H21B2IO. The molecule has 0 saturated heterocycles. The van der Waals surface area contributed by atoms with Crippen molar-refractivity contribution in [3.8, 4) is 5.75 Å². The first kappa shape index (κ1) is 14.9. The summed E-state index contributed by atoms with van der Waals surface area (Å²) in [6, 6.07) is 4.33. The van der Waals surface area contributed by atoms with Crippen LogP contribution in [-0.4, -0.2) is 17.3 Å². The van der Waals surface area contributed by atoms with E-state index in [9.17, 15) is 5.11 Å². The zero-order valence-electron chi connectivity index (χ0n) is 11.5. The second kappa shape index (κ2) is 5.68. The number of aromatic hydroxyl groups is 1. The van der Waals surface area contributed by atoms with Gasteiger partial charge >= 0.3 is 0 Å². The number of phenols is 1. The molecule has 0 aliphatic rings. The predicted molar refractivity (Wildman–Crippen MR) is 88.8 cm³/mol. The Morgan fingerprint density at radius 3 is 2.24 bits per heavy atom. The molecule has 1 N–H and O–H groups in total. The van der Waals surface area contributed by atoms with E-state index in [-0.39, 0.29) is 5.41 Å². The second-order valence-corrected chi connectivity index (χ2v) is 7.00. The van der Waals surface area contributed by atoms with Crippen molar-refractivity contribution in [2.75, 3.05) is 0 Å². The third kappa shape index (κ3) is 3.67. The van der Waals surface area contributed by atoms with Crippen LogP contribution in [0.25, 0.3) is 0 Å². The van der Waals surface area contributed by atoms with Crippen LogP contribution in [0.5, 0.6) is 5.75 Å². The number of hydrogen-bond acceptors (Lipinski definition) is 1. The molecule has 0 radical (unpaired) electrons. The Kier molecular flexibility index (Phi) is 4.99. The van der Waals surface area contributed by atoms with Crippen molar-refractivity contribution in [3.05, 3.63) is 23.3 Å². The molecule has 0 aliphatic heterocycles. The molecule has 0 amide bonds. The zero-order valence-corrected chi connectivity index (χ0v) is 13.6. The fourth-order valence-corrected chi connectivity index (χ4v) is 2.61. The van der Waals surface area contributed by atoms with Crippen molar-refractivity contribution < 1.29 is 5.11 Å². The third-order valence-corrected chi connectivity index (χ3v) is 3.55. The minimum atomic E-state index is -0.00495. The van der Waals surface area contributed by atoms with E-state index in [2.05, 4.69) is 69.1 Å². The van der Waals surface area contributed by atoms with Gasteiger partial charge in [-0.05, 0) is 22.5 Å². The Morgan fingerprint density at radius 2 is 1.82 bits per heavy atom. The van der Waals surface area contributed by atoms with E-state index >= 15 is 0 Å². The largest absolute Gasteiger partial charge is 0.507 e. The Hall–Kier alpha value is -0.120. The lowest BCUT2D eigenvalue weighted by atomic mass is 9.50. The smallest absolute Gasteiger partial charge is 0.170 e. The molecule has 1 nitrogen and oxygen atoms in total. The van der Waals surface area contributed by atoms with E-state index in [4.69, 9.17) is 0 Å². The summed E-state index contributed by atoms with van der Waals surface area (Å²) in [6.07, 6.45) is 0. The summed E-state index contributed by atoms with van der Waals surface area (Å²) in [5.41, 5.74) is 3.49. The van der Waals surface area contributed by atoms with Crippen molar-refractivity contribution >= 4 is 40.0 Å². The van der Waals surface area contributed by atoms with Gasteiger partial charge in [0.2, 0.25) is 0 Å². The average Bonchev–Trinajstić information content (AvgIpc) is 2.18. The van der Waals surface area contributed by atoms with E-state index < -0.39 is 0 Å². The van der Waals surface area contributed by atoms with Crippen molar-refractivity contribution in [3.63, 3.8) is 0 Å². The highest BCUT2D eigenvalue weighted by Crippen LogP contribution is 2.35. The zero-order chi connectivity index (χ0) is 13.2. The lowest BCUT2D eigenvalue weighted by Crippen LogP contribution is -2.23. The molecule has 0 aromatic heterocycles. The van der Waals surface area contributed by atoms with Gasteiger partial charge in [0.15, 0.2) is 5.03 Å². The highest BCUT2D eigenvalue weighted by atomic mass is 127. The SMILES string of the molecule is CC(C)c1cc(BBI)cc(C(C)(C)C)c1O. The highest BCUT2D eigenvalue weighted by molar-refractivity contribution is 14.1. The first-order valence-electron chi connectivity index (χ1n) is 6.19. The van der Waals surface area contributed by atoms with Gasteiger partial charge in [-0.15, -0.1) is 0 Å². The first-order chi connectivity index (χ1) is 7.77. The van der Waals surface area contributed by atoms with Crippen molar-refractivity contribution in [1.29, 1.82) is 0 Å². The van der Waals surface area contributed by atoms with Crippen LogP contribution in [0.4, 0.5) is 0 Å². The van der Waals surface area contributed by atoms with Crippen LogP contribution in [0.3, 0.4) is 0 Å². The fourth-order valence-electron chi connectivity index (χ4n) is 1.98. The molecular weight excluding hydrogens is 321 g/mol. The maximum absolute atomic E-state index is 10.4. The van der Waals surface area contributed by atoms with Crippen molar-refractivity contribution in [2.24, 2.45) is 0 Å². The van der Waals surface area contributed by atoms with Crippen LogP contribution >= 0.6 is 22.4 Å². The summed E-state index contributed by atoms with van der Waals surface area (Å²) in [5, 5.41) is 11.5. The van der Waals surface area contributed by atoms with Gasteiger partial charge in [0, 0.05) is 0 Å². The lowest BCUT2D eigenvalue weighted by Gasteiger charge is -2.24. The molecule has 17 heavy (non-hydrogen) atoms. The maximum Gasteiger partial charge on any atom is 0.170 e. The van der Waals surface area contributed by atoms with Gasteiger partial charge in [0.25, 0.3) is 0 Å². The van der Waals surface area contributed by atoms with Gasteiger partial charge in [-0.3, -0.25) is 0 Å². The van der Waals surface area contributed by atoms with Crippen LogP contribution in [0, 0.1) is 0 Å². The summed E-state index contributed by atoms with van der Waals surface area (Å²) in [4.78, 5) is 0. The van der Waals surface area contributed by atoms with Crippen LogP contribution in [0.2, 0.25) is 0 Å². The molecule has 1 aromatic rings. The molecule has 1 aromatic carbocycles. The maximum atomic E-state index is 10.4. The Balaban J connectivity index is 3.38. The van der Waals surface area contributed by atoms with Gasteiger partial charge in [-0.2, -0.15) is 22.4 Å². The summed E-state index contributed by atoms with van der Waals surface area (Å²) >= 11 is 2.40. The molecule has 0 spiro atoms. The van der Waals surface area contributed by atoms with Crippen molar-refractivity contribution in [1.82, 2.24) is 0 Å². The molecule has 4 heteroatoms. The van der Waals surface area contributed by atoms with E-state index in [1.807, 2.05) is 0 Å². The van der Waals surface area contributed by atoms with Crippen LogP contribution in [0.1, 0.15) is 51.7 Å². The van der Waals surface area contributed by atoms with Crippen LogP contribution in [0.15, 0.2) is 12.1 Å². The lowest BCUT2D eigenvalue weighted by molar-refractivity contribution is 0.438. The molecule has 0 saturated carbocycles. The first-order valence-corrected chi connectivity index (χ1v) is 7.72. The monoisotopic (exact) mass is 342 g/mol. The summed E-state index contributed by atoms with van der Waals surface area (Å²) in [6.45, 7) is 10.7. The second-order valence-electron chi connectivity index (χ2n) is 5.92. The average molecular weight is 342 g/mol. The van der Waals surface area contributed by atoms with Gasteiger partial charge < -0.3 is 5.11 Å². The summed E-state index contributed by atoms with van der Waals surface area (Å²) < 4.78 is 0. The van der Waals surface area contributed by atoms with E-state index in [0.29, 0.717) is 11.7 Å². The Morgan fingerprint density at radius 1 is 1.24 bits per heavy atom. The molecule has 0 unspecified atom stereocenters. The van der Waals surface area contributed by atoms with Gasteiger partial charge in [-0.1, -0.05) is 52.2 Å². The topological polar surface area (TPSA) is 20.2 Å². The Labute approximate surface area is 120 Å². The number of benzene rings is 1. The molecule has 0 heterocycles. The van der Waals surface area contributed by atoms with Gasteiger partial charge in [-0.25, -0.2) is 0 Å². The van der Waals surface area contributed by atoms with E-state index in [1.165, 1.54) is 5.46 Å². The normalized spacial score (nSPS) is 11.7. The number of hydrogen-bond donors (Lipinski definition) is 1. The molecule has 1 rings (SSSR count). The number of rotatable bonds is 3. The summed E-state index contributed by atoms with van der Waals surface area (Å²) in [7, 11) is 1.07. The van der Waals surface area contributed by atoms with Crippen LogP contribution < -0.4 is 5.46 Å². The molecule has 0 atom stereocenters. The predicted octanol–water partition coefficient (Wildman–Crippen LogP) is 2.58. The van der Waals surface area contributed by atoms with Crippen molar-refractivity contribution in [2.45, 2.75) is 46.0 Å². The molecule has 0 bridgehead atoms. The standard InChI is InChI=1S/C13H21B2IO/c1-8(2)10-6-9(14-15-16)7-11(12(10)17)13(3,4)5/h6-8,14-15,17H,1-5H3. The molecule has 0 aliphatic carbocycles. The molecule has 92 valence electrons. The number of halogens is 1. The third-order valence-electron chi connectivity index (χ3n) is 3.01. The summed E-state index contributed by atoms with van der Waals surface area (Å²) in [5.74, 6) is 0.856. The highest BCUT2D eigenvalue weighted by Gasteiger charge is 2.22. The van der Waals surface area contributed by atoms with Gasteiger partial charge in [0.05, 0.1) is 0 Å². The molecule has 0 fully saturated rings. The quantitative estimate of drug-likeness (QED) is 0.662. The number of phenolic OH excluding ortho intramolecular Hbond substituents is 1. The minimum absolute atomic E-state index is 0.00495. The van der Waals surface area contributed by atoms with E-state index in [1.54, 1.807) is 0 Å². The van der Waals surface area contributed by atoms with Crippen LogP contribution in [-0.2, 0) is 5.41 Å². The fraction of sp³-hybridized carbons (Fsp3) is 0.538. The Bertz CT molecular complexity index is 397. The van der Waals surface area contributed by atoms with E-state index in [0.717, 1.165) is 23.3 Å².